The van der Waals surface area contributed by atoms with Crippen molar-refractivity contribution in [3.05, 3.63) is 12.4 Å². The first-order chi connectivity index (χ1) is 6.13. The van der Waals surface area contributed by atoms with Crippen LogP contribution in [0, 0.1) is 0 Å². The van der Waals surface area contributed by atoms with E-state index in [4.69, 9.17) is 10.5 Å². The molecule has 1 rings (SSSR count). The van der Waals surface area contributed by atoms with E-state index in [0.29, 0.717) is 12.6 Å². The summed E-state index contributed by atoms with van der Waals surface area (Å²) in [6.45, 7) is 6.60. The molecule has 0 spiro atoms. The Balaban J connectivity index is 2.58. The van der Waals surface area contributed by atoms with Crippen molar-refractivity contribution in [3.63, 3.8) is 0 Å². The lowest BCUT2D eigenvalue weighted by Crippen LogP contribution is -2.22. The van der Waals surface area contributed by atoms with Gasteiger partial charge in [0.2, 0.25) is 0 Å². The van der Waals surface area contributed by atoms with Crippen LogP contribution in [-0.2, 0) is 0 Å². The summed E-state index contributed by atoms with van der Waals surface area (Å²) in [4.78, 5) is 0. The van der Waals surface area contributed by atoms with E-state index in [0.717, 1.165) is 5.75 Å². The number of aromatic nitrogens is 2. The molecule has 0 saturated heterocycles. The van der Waals surface area contributed by atoms with Crippen molar-refractivity contribution in [2.75, 3.05) is 6.54 Å². The molecule has 0 aliphatic heterocycles. The van der Waals surface area contributed by atoms with Gasteiger partial charge in [0.15, 0.2) is 5.75 Å². The van der Waals surface area contributed by atoms with E-state index in [1.165, 1.54) is 0 Å². The van der Waals surface area contributed by atoms with Crippen molar-refractivity contribution < 1.29 is 4.74 Å². The van der Waals surface area contributed by atoms with Crippen LogP contribution in [0.15, 0.2) is 12.4 Å². The fourth-order valence-electron chi connectivity index (χ4n) is 0.944. The van der Waals surface area contributed by atoms with E-state index in [2.05, 4.69) is 18.9 Å². The SMILES string of the molecule is CC(CN)Oc1cnn(C(C)C)c1. The third-order valence-electron chi connectivity index (χ3n) is 1.78. The van der Waals surface area contributed by atoms with E-state index in [1.54, 1.807) is 6.20 Å². The summed E-state index contributed by atoms with van der Waals surface area (Å²) in [5.74, 6) is 0.784. The summed E-state index contributed by atoms with van der Waals surface area (Å²) in [5, 5.41) is 4.15. The molecule has 0 radical (unpaired) electrons. The molecule has 1 unspecified atom stereocenters. The van der Waals surface area contributed by atoms with Gasteiger partial charge in [-0.2, -0.15) is 5.10 Å². The Hall–Kier alpha value is -1.03. The van der Waals surface area contributed by atoms with Crippen LogP contribution in [0.5, 0.6) is 5.75 Å². The molecule has 13 heavy (non-hydrogen) atoms. The van der Waals surface area contributed by atoms with E-state index >= 15 is 0 Å². The molecule has 4 nitrogen and oxygen atoms in total. The Kier molecular flexibility index (Phi) is 3.31. The van der Waals surface area contributed by atoms with Crippen molar-refractivity contribution in [2.24, 2.45) is 5.73 Å². The van der Waals surface area contributed by atoms with E-state index in [1.807, 2.05) is 17.8 Å². The zero-order valence-electron chi connectivity index (χ0n) is 8.40. The summed E-state index contributed by atoms with van der Waals surface area (Å²) in [6, 6.07) is 0.366. The van der Waals surface area contributed by atoms with Crippen LogP contribution in [0.4, 0.5) is 0 Å². The number of nitrogens with two attached hydrogens (primary N) is 1. The number of ether oxygens (including phenoxy) is 1. The molecule has 0 amide bonds. The highest BCUT2D eigenvalue weighted by Crippen LogP contribution is 2.13. The standard InChI is InChI=1S/C9H17N3O/c1-7(2)12-6-9(5-11-12)13-8(3)4-10/h5-8H,4,10H2,1-3H3. The Labute approximate surface area is 78.7 Å². The maximum absolute atomic E-state index is 5.49. The molecule has 1 heterocycles. The van der Waals surface area contributed by atoms with Crippen molar-refractivity contribution in [1.82, 2.24) is 9.78 Å². The molecule has 2 N–H and O–H groups in total. The van der Waals surface area contributed by atoms with Crippen LogP contribution in [-0.4, -0.2) is 22.4 Å². The first kappa shape index (κ1) is 10.1. The monoisotopic (exact) mass is 183 g/mol. The quantitative estimate of drug-likeness (QED) is 0.762. The molecule has 1 aromatic rings. The van der Waals surface area contributed by atoms with Gasteiger partial charge in [-0.1, -0.05) is 0 Å². The van der Waals surface area contributed by atoms with Gasteiger partial charge in [0.05, 0.1) is 12.4 Å². The third kappa shape index (κ3) is 2.73. The van der Waals surface area contributed by atoms with Gasteiger partial charge in [-0.3, -0.25) is 4.68 Å². The first-order valence-corrected chi connectivity index (χ1v) is 4.54. The molecule has 1 aromatic heterocycles. The maximum Gasteiger partial charge on any atom is 0.157 e. The molecular formula is C9H17N3O. The first-order valence-electron chi connectivity index (χ1n) is 4.54. The zero-order chi connectivity index (χ0) is 9.84. The normalized spacial score (nSPS) is 13.3. The molecule has 0 aliphatic rings. The van der Waals surface area contributed by atoms with Crippen LogP contribution >= 0.6 is 0 Å². The molecule has 4 heteroatoms. The summed E-state index contributed by atoms with van der Waals surface area (Å²) in [6.07, 6.45) is 3.65. The van der Waals surface area contributed by atoms with Gasteiger partial charge in [0, 0.05) is 12.6 Å². The van der Waals surface area contributed by atoms with Crippen molar-refractivity contribution in [1.29, 1.82) is 0 Å². The Morgan fingerprint density at radius 2 is 2.23 bits per heavy atom. The average molecular weight is 183 g/mol. The predicted octanol–water partition coefficient (Wildman–Crippen LogP) is 1.19. The second-order valence-electron chi connectivity index (χ2n) is 3.41. The van der Waals surface area contributed by atoms with E-state index in [-0.39, 0.29) is 6.10 Å². The second-order valence-corrected chi connectivity index (χ2v) is 3.41. The number of rotatable bonds is 4. The predicted molar refractivity (Wildman–Crippen MR) is 51.8 cm³/mol. The number of nitrogens with zero attached hydrogens (tertiary/aromatic N) is 2. The van der Waals surface area contributed by atoms with Crippen LogP contribution in [0.25, 0.3) is 0 Å². The lowest BCUT2D eigenvalue weighted by Gasteiger charge is -2.09. The minimum atomic E-state index is 0.0461. The van der Waals surface area contributed by atoms with Crippen LogP contribution < -0.4 is 10.5 Å². The maximum atomic E-state index is 5.49. The number of hydrogen-bond donors (Lipinski definition) is 1. The Morgan fingerprint density at radius 1 is 1.54 bits per heavy atom. The molecular weight excluding hydrogens is 166 g/mol. The third-order valence-corrected chi connectivity index (χ3v) is 1.78. The van der Waals surface area contributed by atoms with Gasteiger partial charge in [0.25, 0.3) is 0 Å². The lowest BCUT2D eigenvalue weighted by atomic mass is 10.4. The van der Waals surface area contributed by atoms with Crippen molar-refractivity contribution >= 4 is 0 Å². The highest BCUT2D eigenvalue weighted by molar-refractivity contribution is 5.12. The minimum absolute atomic E-state index is 0.0461. The summed E-state index contributed by atoms with van der Waals surface area (Å²) < 4.78 is 7.35. The van der Waals surface area contributed by atoms with E-state index < -0.39 is 0 Å². The fraction of sp³-hybridized carbons (Fsp3) is 0.667. The van der Waals surface area contributed by atoms with Crippen LogP contribution in [0.3, 0.4) is 0 Å². The zero-order valence-corrected chi connectivity index (χ0v) is 8.40. The van der Waals surface area contributed by atoms with Crippen LogP contribution in [0.2, 0.25) is 0 Å². The van der Waals surface area contributed by atoms with Gasteiger partial charge >= 0.3 is 0 Å². The van der Waals surface area contributed by atoms with Crippen molar-refractivity contribution in [3.8, 4) is 5.75 Å². The molecule has 0 fully saturated rings. The van der Waals surface area contributed by atoms with Gasteiger partial charge in [0.1, 0.15) is 6.10 Å². The molecule has 1 atom stereocenters. The summed E-state index contributed by atoms with van der Waals surface area (Å²) in [5.41, 5.74) is 5.43. The van der Waals surface area contributed by atoms with E-state index in [9.17, 15) is 0 Å². The van der Waals surface area contributed by atoms with Gasteiger partial charge < -0.3 is 10.5 Å². The summed E-state index contributed by atoms with van der Waals surface area (Å²) in [7, 11) is 0. The largest absolute Gasteiger partial charge is 0.486 e. The average Bonchev–Trinajstić information content (AvgIpc) is 2.52. The molecule has 0 aliphatic carbocycles. The lowest BCUT2D eigenvalue weighted by molar-refractivity contribution is 0.229. The number of hydrogen-bond acceptors (Lipinski definition) is 3. The molecule has 74 valence electrons. The summed E-state index contributed by atoms with van der Waals surface area (Å²) >= 11 is 0. The van der Waals surface area contributed by atoms with Gasteiger partial charge in [-0.25, -0.2) is 0 Å². The Bertz CT molecular complexity index is 257. The highest BCUT2D eigenvalue weighted by Gasteiger charge is 2.05. The van der Waals surface area contributed by atoms with Gasteiger partial charge in [-0.05, 0) is 20.8 Å². The molecule has 0 bridgehead atoms. The molecule has 0 saturated carbocycles. The second kappa shape index (κ2) is 4.28. The smallest absolute Gasteiger partial charge is 0.157 e. The molecule has 0 aromatic carbocycles. The highest BCUT2D eigenvalue weighted by atomic mass is 16.5. The fourth-order valence-corrected chi connectivity index (χ4v) is 0.944. The Morgan fingerprint density at radius 3 is 2.69 bits per heavy atom. The minimum Gasteiger partial charge on any atom is -0.486 e. The van der Waals surface area contributed by atoms with Crippen molar-refractivity contribution in [2.45, 2.75) is 32.9 Å². The topological polar surface area (TPSA) is 53.1 Å². The van der Waals surface area contributed by atoms with Crippen LogP contribution in [0.1, 0.15) is 26.8 Å². The van der Waals surface area contributed by atoms with Gasteiger partial charge in [-0.15, -0.1) is 0 Å².